The third-order valence-corrected chi connectivity index (χ3v) is 3.55. The van der Waals surface area contributed by atoms with Crippen LogP contribution in [0, 0.1) is 11.6 Å². The van der Waals surface area contributed by atoms with Gasteiger partial charge in [-0.15, -0.1) is 0 Å². The molecular formula is C14H20F2N2. The van der Waals surface area contributed by atoms with Gasteiger partial charge in [-0.3, -0.25) is 0 Å². The van der Waals surface area contributed by atoms with Gasteiger partial charge in [0.25, 0.3) is 0 Å². The summed E-state index contributed by atoms with van der Waals surface area (Å²) in [5, 5.41) is 3.48. The van der Waals surface area contributed by atoms with Gasteiger partial charge < -0.3 is 10.2 Å². The Hall–Kier alpha value is -1.00. The Labute approximate surface area is 107 Å². The Balaban J connectivity index is 1.98. The van der Waals surface area contributed by atoms with E-state index in [0.717, 1.165) is 25.1 Å². The summed E-state index contributed by atoms with van der Waals surface area (Å²) < 4.78 is 26.0. The molecule has 2 nitrogen and oxygen atoms in total. The highest BCUT2D eigenvalue weighted by molar-refractivity contribution is 5.20. The van der Waals surface area contributed by atoms with Crippen molar-refractivity contribution in [1.29, 1.82) is 0 Å². The summed E-state index contributed by atoms with van der Waals surface area (Å²) in [5.74, 6) is -1.56. The molecule has 1 saturated heterocycles. The van der Waals surface area contributed by atoms with Gasteiger partial charge in [0, 0.05) is 18.6 Å². The Morgan fingerprint density at radius 3 is 2.78 bits per heavy atom. The van der Waals surface area contributed by atoms with Crippen LogP contribution in [0.2, 0.25) is 0 Å². The molecule has 0 amide bonds. The minimum Gasteiger partial charge on any atom is -0.306 e. The van der Waals surface area contributed by atoms with Crippen LogP contribution in [0.3, 0.4) is 0 Å². The summed E-state index contributed by atoms with van der Waals surface area (Å²) >= 11 is 0. The van der Waals surface area contributed by atoms with Crippen LogP contribution >= 0.6 is 0 Å². The maximum Gasteiger partial charge on any atom is 0.159 e. The van der Waals surface area contributed by atoms with Crippen molar-refractivity contribution in [1.82, 2.24) is 10.2 Å². The van der Waals surface area contributed by atoms with E-state index in [4.69, 9.17) is 0 Å². The van der Waals surface area contributed by atoms with Crippen molar-refractivity contribution in [3.05, 3.63) is 35.4 Å². The van der Waals surface area contributed by atoms with E-state index in [2.05, 4.69) is 17.3 Å². The molecule has 0 aliphatic carbocycles. The predicted octanol–water partition coefficient (Wildman–Crippen LogP) is 2.71. The molecule has 1 heterocycles. The zero-order valence-corrected chi connectivity index (χ0v) is 10.9. The van der Waals surface area contributed by atoms with Crippen molar-refractivity contribution >= 4 is 0 Å². The number of nitrogens with zero attached hydrogens (tertiary/aromatic N) is 1. The Morgan fingerprint density at radius 2 is 2.11 bits per heavy atom. The highest BCUT2D eigenvalue weighted by Gasteiger charge is 2.19. The lowest BCUT2D eigenvalue weighted by Gasteiger charge is -2.32. The number of hydrogen-bond acceptors (Lipinski definition) is 2. The molecule has 2 rings (SSSR count). The van der Waals surface area contributed by atoms with Crippen LogP contribution in [0.15, 0.2) is 18.2 Å². The Morgan fingerprint density at radius 1 is 1.33 bits per heavy atom. The molecule has 0 spiro atoms. The monoisotopic (exact) mass is 254 g/mol. The molecule has 0 bridgehead atoms. The summed E-state index contributed by atoms with van der Waals surface area (Å²) in [4.78, 5) is 2.29. The first-order valence-corrected chi connectivity index (χ1v) is 6.46. The molecule has 1 N–H and O–H groups in total. The second-order valence-corrected chi connectivity index (χ2v) is 5.16. The first kappa shape index (κ1) is 13.4. The molecule has 1 aromatic rings. The number of rotatable bonds is 3. The fourth-order valence-electron chi connectivity index (χ4n) is 2.53. The molecule has 1 fully saturated rings. The standard InChI is InChI=1S/C14H20F2N2/c1-10(11-5-6-13(15)14(16)8-11)17-12-4-3-7-18(2)9-12/h5-6,8,10,12,17H,3-4,7,9H2,1-2H3. The van der Waals surface area contributed by atoms with Crippen molar-refractivity contribution in [2.45, 2.75) is 31.8 Å². The van der Waals surface area contributed by atoms with E-state index in [0.29, 0.717) is 6.04 Å². The van der Waals surface area contributed by atoms with Gasteiger partial charge in [-0.25, -0.2) is 8.78 Å². The largest absolute Gasteiger partial charge is 0.306 e. The van der Waals surface area contributed by atoms with E-state index >= 15 is 0 Å². The summed E-state index contributed by atoms with van der Waals surface area (Å²) in [7, 11) is 2.11. The smallest absolute Gasteiger partial charge is 0.159 e. The minimum atomic E-state index is -0.789. The van der Waals surface area contributed by atoms with E-state index in [1.165, 1.54) is 18.6 Å². The maximum absolute atomic E-state index is 13.2. The van der Waals surface area contributed by atoms with Gasteiger partial charge in [-0.1, -0.05) is 6.07 Å². The zero-order valence-electron chi connectivity index (χ0n) is 10.9. The average Bonchev–Trinajstić information content (AvgIpc) is 2.32. The molecule has 100 valence electrons. The van der Waals surface area contributed by atoms with Crippen LogP contribution in [-0.4, -0.2) is 31.1 Å². The van der Waals surface area contributed by atoms with Gasteiger partial charge in [0.1, 0.15) is 0 Å². The van der Waals surface area contributed by atoms with E-state index in [1.54, 1.807) is 6.07 Å². The molecule has 18 heavy (non-hydrogen) atoms. The molecular weight excluding hydrogens is 234 g/mol. The lowest BCUT2D eigenvalue weighted by Crippen LogP contribution is -2.44. The number of benzene rings is 1. The van der Waals surface area contributed by atoms with Gasteiger partial charge in [0.05, 0.1) is 0 Å². The van der Waals surface area contributed by atoms with Crippen LogP contribution in [0.25, 0.3) is 0 Å². The third kappa shape index (κ3) is 3.27. The summed E-state index contributed by atoms with van der Waals surface area (Å²) in [6.45, 7) is 4.13. The first-order chi connectivity index (χ1) is 8.56. The van der Waals surface area contributed by atoms with Crippen molar-refractivity contribution < 1.29 is 8.78 Å². The molecule has 1 aliphatic rings. The Kier molecular flexibility index (Phi) is 4.30. The van der Waals surface area contributed by atoms with Crippen LogP contribution in [0.5, 0.6) is 0 Å². The third-order valence-electron chi connectivity index (χ3n) is 3.55. The normalized spacial score (nSPS) is 23.0. The Bertz CT molecular complexity index is 409. The van der Waals surface area contributed by atoms with Gasteiger partial charge in [-0.05, 0) is 51.1 Å². The van der Waals surface area contributed by atoms with Crippen LogP contribution in [-0.2, 0) is 0 Å². The number of hydrogen-bond donors (Lipinski definition) is 1. The van der Waals surface area contributed by atoms with Gasteiger partial charge in [-0.2, -0.15) is 0 Å². The number of likely N-dealkylation sites (tertiary alicyclic amines) is 1. The average molecular weight is 254 g/mol. The second-order valence-electron chi connectivity index (χ2n) is 5.16. The molecule has 4 heteroatoms. The SMILES string of the molecule is CC(NC1CCCN(C)C1)c1ccc(F)c(F)c1. The molecule has 0 aromatic heterocycles. The number of halogens is 2. The number of likely N-dealkylation sites (N-methyl/N-ethyl adjacent to an activating group) is 1. The van der Waals surface area contributed by atoms with Crippen molar-refractivity contribution in [3.63, 3.8) is 0 Å². The van der Waals surface area contributed by atoms with Crippen molar-refractivity contribution in [3.8, 4) is 0 Å². The second kappa shape index (κ2) is 5.76. The highest BCUT2D eigenvalue weighted by atomic mass is 19.2. The van der Waals surface area contributed by atoms with E-state index < -0.39 is 11.6 Å². The van der Waals surface area contributed by atoms with Gasteiger partial charge in [0.15, 0.2) is 11.6 Å². The number of nitrogens with one attached hydrogen (secondary N) is 1. The maximum atomic E-state index is 13.2. The lowest BCUT2D eigenvalue weighted by atomic mass is 10.0. The predicted molar refractivity (Wildman–Crippen MR) is 68.4 cm³/mol. The molecule has 0 radical (unpaired) electrons. The van der Waals surface area contributed by atoms with Crippen LogP contribution < -0.4 is 5.32 Å². The topological polar surface area (TPSA) is 15.3 Å². The summed E-state index contributed by atoms with van der Waals surface area (Å²) in [5.41, 5.74) is 0.794. The molecule has 2 unspecified atom stereocenters. The van der Waals surface area contributed by atoms with Crippen molar-refractivity contribution in [2.24, 2.45) is 0 Å². The van der Waals surface area contributed by atoms with Crippen LogP contribution in [0.1, 0.15) is 31.4 Å². The summed E-state index contributed by atoms with van der Waals surface area (Å²) in [6.07, 6.45) is 2.32. The molecule has 1 aromatic carbocycles. The lowest BCUT2D eigenvalue weighted by molar-refractivity contribution is 0.218. The van der Waals surface area contributed by atoms with E-state index in [9.17, 15) is 8.78 Å². The fourth-order valence-corrected chi connectivity index (χ4v) is 2.53. The van der Waals surface area contributed by atoms with Crippen molar-refractivity contribution in [2.75, 3.05) is 20.1 Å². The fraction of sp³-hybridized carbons (Fsp3) is 0.571. The summed E-state index contributed by atoms with van der Waals surface area (Å²) in [6, 6.07) is 4.57. The zero-order chi connectivity index (χ0) is 13.1. The van der Waals surface area contributed by atoms with E-state index in [1.807, 2.05) is 6.92 Å². The van der Waals surface area contributed by atoms with E-state index in [-0.39, 0.29) is 6.04 Å². The number of piperidine rings is 1. The quantitative estimate of drug-likeness (QED) is 0.892. The first-order valence-electron chi connectivity index (χ1n) is 6.46. The minimum absolute atomic E-state index is 0.0385. The van der Waals surface area contributed by atoms with Gasteiger partial charge >= 0.3 is 0 Å². The molecule has 0 saturated carbocycles. The molecule has 1 aliphatic heterocycles. The highest BCUT2D eigenvalue weighted by Crippen LogP contribution is 2.18. The molecule has 2 atom stereocenters. The van der Waals surface area contributed by atoms with Crippen LogP contribution in [0.4, 0.5) is 8.78 Å². The van der Waals surface area contributed by atoms with Gasteiger partial charge in [0.2, 0.25) is 0 Å².